The lowest BCUT2D eigenvalue weighted by molar-refractivity contribution is 0.209. The molecule has 1 atom stereocenters. The van der Waals surface area contributed by atoms with Crippen LogP contribution in [-0.2, 0) is 6.42 Å². The van der Waals surface area contributed by atoms with Crippen LogP contribution in [0.1, 0.15) is 24.0 Å². The summed E-state index contributed by atoms with van der Waals surface area (Å²) in [4.78, 5) is 31.3. The maximum atomic E-state index is 14.9. The summed E-state index contributed by atoms with van der Waals surface area (Å²) in [6, 6.07) is 14.4. The van der Waals surface area contributed by atoms with Crippen LogP contribution in [0.25, 0.3) is 28.1 Å². The highest BCUT2D eigenvalue weighted by atomic mass is 35.5. The maximum absolute atomic E-state index is 14.9. The van der Waals surface area contributed by atoms with Gasteiger partial charge < -0.3 is 14.7 Å². The van der Waals surface area contributed by atoms with Crippen LogP contribution in [0.5, 0.6) is 0 Å². The summed E-state index contributed by atoms with van der Waals surface area (Å²) in [5.41, 5.74) is 3.56. The third kappa shape index (κ3) is 4.20. The lowest BCUT2D eigenvalue weighted by Gasteiger charge is -2.15. The highest BCUT2D eigenvalue weighted by molar-refractivity contribution is 6.31. The van der Waals surface area contributed by atoms with Gasteiger partial charge in [0.25, 0.3) is 5.56 Å². The molecule has 3 aromatic heterocycles. The number of hydrogen-bond acceptors (Lipinski definition) is 6. The van der Waals surface area contributed by atoms with Gasteiger partial charge in [0, 0.05) is 33.6 Å². The summed E-state index contributed by atoms with van der Waals surface area (Å²) >= 11 is 6.27. The fourth-order valence-electron chi connectivity index (χ4n) is 4.78. The molecule has 1 amide bonds. The van der Waals surface area contributed by atoms with Gasteiger partial charge in [-0.15, -0.1) is 5.10 Å². The Labute approximate surface area is 218 Å². The van der Waals surface area contributed by atoms with Crippen LogP contribution < -0.4 is 10.9 Å². The molecule has 0 radical (unpaired) electrons. The van der Waals surface area contributed by atoms with Crippen LogP contribution in [0, 0.1) is 5.95 Å². The lowest BCUT2D eigenvalue weighted by atomic mass is 10.0. The number of pyridine rings is 1. The molecular formula is C25H18ClFN8O3. The molecule has 1 aliphatic rings. The molecule has 38 heavy (non-hydrogen) atoms. The van der Waals surface area contributed by atoms with Crippen molar-refractivity contribution in [2.24, 2.45) is 0 Å². The molecule has 13 heteroatoms. The van der Waals surface area contributed by atoms with E-state index in [-0.39, 0.29) is 11.3 Å². The molecule has 0 bridgehead atoms. The second kappa shape index (κ2) is 9.23. The monoisotopic (exact) mass is 532 g/mol. The first kappa shape index (κ1) is 23.6. The number of H-pyrrole nitrogens is 1. The minimum atomic E-state index is -1.19. The van der Waals surface area contributed by atoms with Gasteiger partial charge in [-0.1, -0.05) is 23.7 Å². The molecule has 0 fully saturated rings. The maximum Gasteiger partial charge on any atom is 0.409 e. The van der Waals surface area contributed by atoms with E-state index in [2.05, 4.69) is 30.8 Å². The Morgan fingerprint density at radius 3 is 2.68 bits per heavy atom. The summed E-state index contributed by atoms with van der Waals surface area (Å²) < 4.78 is 18.0. The standard InChI is InChI=1S/C25H18ClFN8O3/c26-15-3-7-19(34-12-28-32-33-34)18(11-15)14-9-17-6-8-20(35(17)21(36)10-14)24-30-22(23(27)31-24)13-1-4-16(5-2-13)29-25(37)38/h1-5,7,9-12,20,29H,6,8H2,(H,30,31)(H,37,38)/t20-/m0/s1. The van der Waals surface area contributed by atoms with Crippen LogP contribution in [0.2, 0.25) is 5.02 Å². The van der Waals surface area contributed by atoms with Gasteiger partial charge in [0.15, 0.2) is 0 Å². The van der Waals surface area contributed by atoms with E-state index in [1.807, 2.05) is 6.07 Å². The molecule has 190 valence electrons. The smallest absolute Gasteiger partial charge is 0.409 e. The van der Waals surface area contributed by atoms with Crippen LogP contribution in [-0.4, -0.2) is 45.9 Å². The Morgan fingerprint density at radius 1 is 1.13 bits per heavy atom. The van der Waals surface area contributed by atoms with Crippen molar-refractivity contribution in [1.82, 2.24) is 34.7 Å². The molecule has 6 rings (SSSR count). The first-order valence-electron chi connectivity index (χ1n) is 11.5. The highest BCUT2D eigenvalue weighted by Crippen LogP contribution is 2.35. The Kier molecular flexibility index (Phi) is 5.72. The molecule has 3 N–H and O–H groups in total. The topological polar surface area (TPSA) is 144 Å². The number of aromatic amines is 1. The second-order valence-corrected chi connectivity index (χ2v) is 9.15. The number of halogens is 2. The number of tetrazole rings is 1. The number of anilines is 1. The number of fused-ring (bicyclic) bond motifs is 1. The SMILES string of the molecule is O=C(O)Nc1ccc(-c2[nH]c([C@@H]3CCc4cc(-c5cc(Cl)ccc5-n5cnnn5)cc(=O)n43)nc2F)cc1. The zero-order chi connectivity index (χ0) is 26.4. The molecule has 4 heterocycles. The average molecular weight is 533 g/mol. The van der Waals surface area contributed by atoms with Gasteiger partial charge in [0.05, 0.1) is 11.7 Å². The quantitative estimate of drug-likeness (QED) is 0.306. The molecule has 0 unspecified atom stereocenters. The van der Waals surface area contributed by atoms with Crippen LogP contribution >= 0.6 is 11.6 Å². The average Bonchev–Trinajstić information content (AvgIpc) is 3.64. The molecule has 1 aliphatic heterocycles. The number of nitrogens with zero attached hydrogens (tertiary/aromatic N) is 6. The van der Waals surface area contributed by atoms with Crippen molar-refractivity contribution in [3.05, 3.63) is 93.8 Å². The first-order chi connectivity index (χ1) is 18.4. The van der Waals surface area contributed by atoms with Gasteiger partial charge in [0.1, 0.15) is 17.8 Å². The molecule has 2 aromatic carbocycles. The zero-order valence-corrected chi connectivity index (χ0v) is 20.2. The van der Waals surface area contributed by atoms with Gasteiger partial charge >= 0.3 is 6.09 Å². The van der Waals surface area contributed by atoms with Crippen molar-refractivity contribution in [2.45, 2.75) is 18.9 Å². The Balaban J connectivity index is 1.35. The predicted molar refractivity (Wildman–Crippen MR) is 136 cm³/mol. The van der Waals surface area contributed by atoms with E-state index in [1.165, 1.54) is 29.2 Å². The van der Waals surface area contributed by atoms with Crippen molar-refractivity contribution in [1.29, 1.82) is 0 Å². The molecule has 0 aliphatic carbocycles. The predicted octanol–water partition coefficient (Wildman–Crippen LogP) is 4.30. The Bertz CT molecular complexity index is 1730. The number of imidazole rings is 1. The molecule has 0 saturated heterocycles. The Hall–Kier alpha value is -4.84. The number of carboxylic acid groups (broad SMARTS) is 1. The van der Waals surface area contributed by atoms with Gasteiger partial charge in [-0.25, -0.2) is 9.78 Å². The van der Waals surface area contributed by atoms with Crippen LogP contribution in [0.15, 0.2) is 65.7 Å². The van der Waals surface area contributed by atoms with E-state index in [9.17, 15) is 14.0 Å². The number of amides is 1. The number of hydrogen-bond donors (Lipinski definition) is 3. The number of aryl methyl sites for hydroxylation is 1. The molecule has 5 aromatic rings. The van der Waals surface area contributed by atoms with E-state index in [4.69, 9.17) is 16.7 Å². The van der Waals surface area contributed by atoms with Crippen molar-refractivity contribution < 1.29 is 14.3 Å². The number of benzene rings is 2. The normalized spacial score (nSPS) is 14.4. The van der Waals surface area contributed by atoms with Crippen LogP contribution in [0.3, 0.4) is 0 Å². The largest absolute Gasteiger partial charge is 0.465 e. The van der Waals surface area contributed by atoms with E-state index in [0.29, 0.717) is 51.8 Å². The van der Waals surface area contributed by atoms with Crippen LogP contribution in [0.4, 0.5) is 14.9 Å². The first-order valence-corrected chi connectivity index (χ1v) is 11.9. The van der Waals surface area contributed by atoms with E-state index >= 15 is 0 Å². The third-order valence-corrected chi connectivity index (χ3v) is 6.65. The van der Waals surface area contributed by atoms with E-state index in [1.54, 1.807) is 34.9 Å². The van der Waals surface area contributed by atoms with Crippen molar-refractivity contribution in [3.8, 4) is 28.1 Å². The number of rotatable bonds is 5. The molecule has 0 spiro atoms. The summed E-state index contributed by atoms with van der Waals surface area (Å²) in [6.45, 7) is 0. The van der Waals surface area contributed by atoms with Gasteiger partial charge in [-0.05, 0) is 65.2 Å². The fourth-order valence-corrected chi connectivity index (χ4v) is 4.95. The molecule has 11 nitrogen and oxygen atoms in total. The summed E-state index contributed by atoms with van der Waals surface area (Å²) in [5, 5.41) is 22.9. The number of aromatic nitrogens is 7. The Morgan fingerprint density at radius 2 is 1.95 bits per heavy atom. The third-order valence-electron chi connectivity index (χ3n) is 6.42. The minimum Gasteiger partial charge on any atom is -0.465 e. The fraction of sp³-hybridized carbons (Fsp3) is 0.120. The number of carbonyl (C=O) groups is 1. The van der Waals surface area contributed by atoms with Crippen molar-refractivity contribution >= 4 is 23.4 Å². The van der Waals surface area contributed by atoms with E-state index in [0.717, 1.165) is 5.69 Å². The van der Waals surface area contributed by atoms with Crippen molar-refractivity contribution in [3.63, 3.8) is 0 Å². The van der Waals surface area contributed by atoms with Gasteiger partial charge in [-0.2, -0.15) is 9.07 Å². The van der Waals surface area contributed by atoms with E-state index < -0.39 is 18.1 Å². The molecule has 0 saturated carbocycles. The minimum absolute atomic E-state index is 0.157. The lowest BCUT2D eigenvalue weighted by Crippen LogP contribution is -2.24. The highest BCUT2D eigenvalue weighted by Gasteiger charge is 2.29. The zero-order valence-electron chi connectivity index (χ0n) is 19.5. The second-order valence-electron chi connectivity index (χ2n) is 8.71. The van der Waals surface area contributed by atoms with Gasteiger partial charge in [-0.3, -0.25) is 10.1 Å². The molecular weight excluding hydrogens is 515 g/mol. The summed E-state index contributed by atoms with van der Waals surface area (Å²) in [5.74, 6) is -0.377. The summed E-state index contributed by atoms with van der Waals surface area (Å²) in [7, 11) is 0. The number of nitrogens with one attached hydrogen (secondary N) is 2. The van der Waals surface area contributed by atoms with Crippen molar-refractivity contribution in [2.75, 3.05) is 5.32 Å². The summed E-state index contributed by atoms with van der Waals surface area (Å²) in [6.07, 6.45) is 1.41. The van der Waals surface area contributed by atoms with Gasteiger partial charge in [0.2, 0.25) is 5.95 Å².